The first-order valence-corrected chi connectivity index (χ1v) is 6.54. The van der Waals surface area contributed by atoms with Crippen LogP contribution in [0.15, 0.2) is 18.2 Å². The third kappa shape index (κ3) is 5.33. The number of ether oxygens (including phenoxy) is 1. The van der Waals surface area contributed by atoms with Gasteiger partial charge in [-0.25, -0.2) is 0 Å². The SMILES string of the molecule is CC(NCc1cc(Cl)ccc1OC(F)F)C(C)(C)C. The standard InChI is InChI=1S/C14H20ClF2NO/c1-9(14(2,3)4)18-8-10-7-11(15)5-6-12(10)19-13(16)17/h5-7,9,13,18H,8H2,1-4H3. The average molecular weight is 292 g/mol. The van der Waals surface area contributed by atoms with E-state index in [1.54, 1.807) is 6.07 Å². The monoisotopic (exact) mass is 291 g/mol. The highest BCUT2D eigenvalue weighted by Crippen LogP contribution is 2.25. The molecule has 0 bridgehead atoms. The predicted octanol–water partition coefficient (Wildman–Crippen LogP) is 4.47. The number of hydrogen-bond acceptors (Lipinski definition) is 2. The van der Waals surface area contributed by atoms with Gasteiger partial charge >= 0.3 is 6.61 Å². The summed E-state index contributed by atoms with van der Waals surface area (Å²) in [4.78, 5) is 0. The summed E-state index contributed by atoms with van der Waals surface area (Å²) >= 11 is 5.89. The minimum Gasteiger partial charge on any atom is -0.434 e. The van der Waals surface area contributed by atoms with Crippen LogP contribution in [0.1, 0.15) is 33.3 Å². The van der Waals surface area contributed by atoms with Gasteiger partial charge in [-0.15, -0.1) is 0 Å². The molecule has 1 atom stereocenters. The van der Waals surface area contributed by atoms with Gasteiger partial charge in [-0.3, -0.25) is 0 Å². The van der Waals surface area contributed by atoms with E-state index in [-0.39, 0.29) is 17.2 Å². The van der Waals surface area contributed by atoms with Crippen LogP contribution in [0.3, 0.4) is 0 Å². The summed E-state index contributed by atoms with van der Waals surface area (Å²) in [7, 11) is 0. The van der Waals surface area contributed by atoms with Crippen molar-refractivity contribution < 1.29 is 13.5 Å². The van der Waals surface area contributed by atoms with Gasteiger partial charge in [0.2, 0.25) is 0 Å². The number of halogens is 3. The van der Waals surface area contributed by atoms with Gasteiger partial charge in [0, 0.05) is 23.2 Å². The van der Waals surface area contributed by atoms with Gasteiger partial charge in [-0.1, -0.05) is 32.4 Å². The van der Waals surface area contributed by atoms with Crippen molar-refractivity contribution in [3.8, 4) is 5.75 Å². The molecule has 5 heteroatoms. The van der Waals surface area contributed by atoms with E-state index in [1.807, 2.05) is 0 Å². The molecule has 0 amide bonds. The lowest BCUT2D eigenvalue weighted by molar-refractivity contribution is -0.0505. The highest BCUT2D eigenvalue weighted by molar-refractivity contribution is 6.30. The van der Waals surface area contributed by atoms with Crippen LogP contribution in [0, 0.1) is 5.41 Å². The van der Waals surface area contributed by atoms with E-state index in [1.165, 1.54) is 12.1 Å². The van der Waals surface area contributed by atoms with Gasteiger partial charge < -0.3 is 10.1 Å². The fraction of sp³-hybridized carbons (Fsp3) is 0.571. The largest absolute Gasteiger partial charge is 0.434 e. The zero-order chi connectivity index (χ0) is 14.6. The Morgan fingerprint density at radius 2 is 1.95 bits per heavy atom. The fourth-order valence-corrected chi connectivity index (χ4v) is 1.66. The molecule has 0 fully saturated rings. The molecule has 0 saturated heterocycles. The zero-order valence-corrected chi connectivity index (χ0v) is 12.4. The molecular formula is C14H20ClF2NO. The predicted molar refractivity (Wildman–Crippen MR) is 73.8 cm³/mol. The molecule has 108 valence electrons. The van der Waals surface area contributed by atoms with Crippen molar-refractivity contribution in [1.82, 2.24) is 5.32 Å². The van der Waals surface area contributed by atoms with Crippen LogP contribution < -0.4 is 10.1 Å². The molecule has 0 saturated carbocycles. The van der Waals surface area contributed by atoms with E-state index < -0.39 is 6.61 Å². The maximum atomic E-state index is 12.3. The van der Waals surface area contributed by atoms with Crippen molar-refractivity contribution in [1.29, 1.82) is 0 Å². The van der Waals surface area contributed by atoms with Crippen LogP contribution in [0.2, 0.25) is 5.02 Å². The average Bonchev–Trinajstić information content (AvgIpc) is 2.27. The van der Waals surface area contributed by atoms with Crippen LogP contribution in [-0.4, -0.2) is 12.7 Å². The molecule has 0 radical (unpaired) electrons. The molecule has 1 aromatic carbocycles. The molecule has 0 heterocycles. The molecule has 1 N–H and O–H groups in total. The summed E-state index contributed by atoms with van der Waals surface area (Å²) < 4.78 is 29.1. The number of nitrogens with one attached hydrogen (secondary N) is 1. The number of benzene rings is 1. The second-order valence-corrected chi connectivity index (χ2v) is 6.04. The van der Waals surface area contributed by atoms with Crippen LogP contribution >= 0.6 is 11.6 Å². The third-order valence-corrected chi connectivity index (χ3v) is 3.37. The Labute approximate surface area is 118 Å². The summed E-state index contributed by atoms with van der Waals surface area (Å²) in [5.41, 5.74) is 0.714. The van der Waals surface area contributed by atoms with Crippen LogP contribution in [0.25, 0.3) is 0 Å². The summed E-state index contributed by atoms with van der Waals surface area (Å²) in [5, 5.41) is 3.80. The maximum Gasteiger partial charge on any atom is 0.387 e. The molecule has 0 spiro atoms. The lowest BCUT2D eigenvalue weighted by Crippen LogP contribution is -2.37. The lowest BCUT2D eigenvalue weighted by atomic mass is 9.88. The zero-order valence-electron chi connectivity index (χ0n) is 11.6. The molecule has 1 rings (SSSR count). The van der Waals surface area contributed by atoms with Crippen LogP contribution in [0.4, 0.5) is 8.78 Å². The second-order valence-electron chi connectivity index (χ2n) is 5.60. The minimum atomic E-state index is -2.83. The van der Waals surface area contributed by atoms with Gasteiger partial charge in [0.25, 0.3) is 0 Å². The molecule has 0 aliphatic rings. The Bertz CT molecular complexity index is 418. The molecule has 19 heavy (non-hydrogen) atoms. The van der Waals surface area contributed by atoms with Crippen molar-refractivity contribution in [2.45, 2.75) is 46.9 Å². The molecule has 0 aliphatic heterocycles. The fourth-order valence-electron chi connectivity index (χ4n) is 1.47. The van der Waals surface area contributed by atoms with Gasteiger partial charge in [0.15, 0.2) is 0 Å². The van der Waals surface area contributed by atoms with Gasteiger partial charge in [0.05, 0.1) is 0 Å². The van der Waals surface area contributed by atoms with Crippen molar-refractivity contribution in [3.05, 3.63) is 28.8 Å². The Hall–Kier alpha value is -0.870. The van der Waals surface area contributed by atoms with Crippen LogP contribution in [0.5, 0.6) is 5.75 Å². The van der Waals surface area contributed by atoms with E-state index in [0.29, 0.717) is 17.1 Å². The Morgan fingerprint density at radius 3 is 2.47 bits per heavy atom. The Morgan fingerprint density at radius 1 is 1.32 bits per heavy atom. The lowest BCUT2D eigenvalue weighted by Gasteiger charge is -2.28. The van der Waals surface area contributed by atoms with E-state index in [2.05, 4.69) is 37.7 Å². The highest BCUT2D eigenvalue weighted by Gasteiger charge is 2.20. The smallest absolute Gasteiger partial charge is 0.387 e. The summed E-state index contributed by atoms with van der Waals surface area (Å²) in [5.74, 6) is 0.160. The molecule has 0 aliphatic carbocycles. The van der Waals surface area contributed by atoms with Crippen molar-refractivity contribution >= 4 is 11.6 Å². The first-order valence-electron chi connectivity index (χ1n) is 6.17. The second kappa shape index (κ2) is 6.53. The molecular weight excluding hydrogens is 272 g/mol. The molecule has 1 unspecified atom stereocenters. The number of rotatable bonds is 5. The highest BCUT2D eigenvalue weighted by atomic mass is 35.5. The van der Waals surface area contributed by atoms with Gasteiger partial charge in [-0.2, -0.15) is 8.78 Å². The van der Waals surface area contributed by atoms with Gasteiger partial charge in [-0.05, 0) is 30.5 Å². The van der Waals surface area contributed by atoms with E-state index in [9.17, 15) is 8.78 Å². The van der Waals surface area contributed by atoms with E-state index in [0.717, 1.165) is 0 Å². The van der Waals surface area contributed by atoms with Crippen molar-refractivity contribution in [2.24, 2.45) is 5.41 Å². The molecule has 0 aromatic heterocycles. The molecule has 1 aromatic rings. The van der Waals surface area contributed by atoms with E-state index in [4.69, 9.17) is 11.6 Å². The first kappa shape index (κ1) is 16.2. The first-order chi connectivity index (χ1) is 8.70. The maximum absolute atomic E-state index is 12.3. The summed E-state index contributed by atoms with van der Waals surface area (Å²) in [6.07, 6.45) is 0. The Balaban J connectivity index is 2.78. The topological polar surface area (TPSA) is 21.3 Å². The Kier molecular flexibility index (Phi) is 5.56. The third-order valence-electron chi connectivity index (χ3n) is 3.14. The van der Waals surface area contributed by atoms with Crippen molar-refractivity contribution in [2.75, 3.05) is 0 Å². The molecule has 2 nitrogen and oxygen atoms in total. The minimum absolute atomic E-state index is 0.0856. The number of hydrogen-bond donors (Lipinski definition) is 1. The summed E-state index contributed by atoms with van der Waals surface area (Å²) in [6.45, 7) is 5.98. The number of alkyl halides is 2. The van der Waals surface area contributed by atoms with Crippen LogP contribution in [-0.2, 0) is 6.54 Å². The summed E-state index contributed by atoms with van der Waals surface area (Å²) in [6, 6.07) is 4.87. The van der Waals surface area contributed by atoms with Crippen molar-refractivity contribution in [3.63, 3.8) is 0 Å². The normalized spacial score (nSPS) is 13.7. The quantitative estimate of drug-likeness (QED) is 0.864. The van der Waals surface area contributed by atoms with Gasteiger partial charge in [0.1, 0.15) is 5.75 Å². The van der Waals surface area contributed by atoms with E-state index >= 15 is 0 Å².